The van der Waals surface area contributed by atoms with Crippen molar-refractivity contribution in [3.05, 3.63) is 42.5 Å². The Morgan fingerprint density at radius 3 is 2.55 bits per heavy atom. The summed E-state index contributed by atoms with van der Waals surface area (Å²) in [5.74, 6) is 0.821. The van der Waals surface area contributed by atoms with E-state index in [0.29, 0.717) is 19.2 Å². The van der Waals surface area contributed by atoms with Gasteiger partial charge >= 0.3 is 37.7 Å². The molecule has 0 aliphatic rings. The van der Waals surface area contributed by atoms with E-state index in [-0.39, 0.29) is 37.7 Å². The minimum atomic E-state index is -0.499. The first-order valence-electron chi connectivity index (χ1n) is 6.69. The molecule has 1 unspecified atom stereocenters. The average molecular weight is 301 g/mol. The van der Waals surface area contributed by atoms with Gasteiger partial charge in [-0.05, 0) is 11.5 Å². The number of nitrogens with one attached hydrogen (secondary N) is 1. The molecular weight excluding hydrogens is 278 g/mol. The number of benzene rings is 2. The van der Waals surface area contributed by atoms with Crippen LogP contribution in [0.2, 0.25) is 0 Å². The third-order valence-corrected chi connectivity index (χ3v) is 2.94. The monoisotopic (exact) mass is 301 g/mol. The summed E-state index contributed by atoms with van der Waals surface area (Å²) in [5, 5.41) is 15.3. The van der Waals surface area contributed by atoms with Gasteiger partial charge < -0.3 is 15.2 Å². The van der Waals surface area contributed by atoms with Gasteiger partial charge in [0.25, 0.3) is 0 Å². The van der Waals surface area contributed by atoms with Crippen LogP contribution < -0.4 is 10.1 Å². The number of rotatable bonds is 6. The molecule has 0 spiro atoms. The van der Waals surface area contributed by atoms with Crippen molar-refractivity contribution >= 4 is 48.5 Å². The SMILES string of the molecule is CC(C)NCC(O)COc1cccc2ccccc12.[CaH2]. The van der Waals surface area contributed by atoms with E-state index in [0.717, 1.165) is 16.5 Å². The number of fused-ring (bicyclic) bond motifs is 1. The van der Waals surface area contributed by atoms with Crippen molar-refractivity contribution in [1.82, 2.24) is 5.32 Å². The molecule has 0 aliphatic carbocycles. The summed E-state index contributed by atoms with van der Waals surface area (Å²) < 4.78 is 5.72. The van der Waals surface area contributed by atoms with Crippen molar-refractivity contribution in [3.63, 3.8) is 0 Å². The minimum absolute atomic E-state index is 0. The van der Waals surface area contributed by atoms with Crippen LogP contribution in [-0.4, -0.2) is 68.1 Å². The molecule has 0 bridgehead atoms. The molecule has 3 nitrogen and oxygen atoms in total. The zero-order valence-electron chi connectivity index (χ0n) is 11.5. The molecule has 0 saturated carbocycles. The van der Waals surface area contributed by atoms with Crippen LogP contribution in [0.25, 0.3) is 10.8 Å². The molecule has 2 rings (SSSR count). The number of hydrogen-bond acceptors (Lipinski definition) is 3. The quantitative estimate of drug-likeness (QED) is 0.798. The van der Waals surface area contributed by atoms with E-state index in [1.165, 1.54) is 0 Å². The fourth-order valence-electron chi connectivity index (χ4n) is 1.94. The van der Waals surface area contributed by atoms with Gasteiger partial charge in [-0.1, -0.05) is 50.2 Å². The fraction of sp³-hybridized carbons (Fsp3) is 0.375. The van der Waals surface area contributed by atoms with Crippen LogP contribution in [-0.2, 0) is 0 Å². The first kappa shape index (κ1) is 17.7. The van der Waals surface area contributed by atoms with E-state index in [4.69, 9.17) is 4.74 Å². The van der Waals surface area contributed by atoms with Gasteiger partial charge in [0.05, 0.1) is 0 Å². The van der Waals surface area contributed by atoms with Gasteiger partial charge in [0, 0.05) is 18.0 Å². The number of aliphatic hydroxyl groups excluding tert-OH is 1. The maximum absolute atomic E-state index is 9.84. The summed E-state index contributed by atoms with van der Waals surface area (Å²) in [4.78, 5) is 0. The molecule has 0 aliphatic heterocycles. The number of hydrogen-bond donors (Lipinski definition) is 2. The molecule has 0 saturated heterocycles. The van der Waals surface area contributed by atoms with Gasteiger partial charge in [-0.15, -0.1) is 0 Å². The molecule has 0 radical (unpaired) electrons. The van der Waals surface area contributed by atoms with Crippen molar-refractivity contribution in [1.29, 1.82) is 0 Å². The summed E-state index contributed by atoms with van der Waals surface area (Å²) in [6, 6.07) is 14.4. The Hall–Kier alpha value is -0.320. The van der Waals surface area contributed by atoms with Gasteiger partial charge in [0.1, 0.15) is 18.5 Å². The predicted molar refractivity (Wildman–Crippen MR) is 87.1 cm³/mol. The van der Waals surface area contributed by atoms with E-state index in [2.05, 4.69) is 31.3 Å². The second kappa shape index (κ2) is 8.85. The topological polar surface area (TPSA) is 41.5 Å². The predicted octanol–water partition coefficient (Wildman–Crippen LogP) is 1.66. The molecule has 0 heterocycles. The second-order valence-electron chi connectivity index (χ2n) is 5.01. The molecule has 2 aromatic rings. The van der Waals surface area contributed by atoms with Gasteiger partial charge in [-0.3, -0.25) is 0 Å². The summed E-state index contributed by atoms with van der Waals surface area (Å²) in [6.07, 6.45) is -0.499. The van der Waals surface area contributed by atoms with Crippen LogP contribution in [0, 0.1) is 0 Å². The Morgan fingerprint density at radius 1 is 1.10 bits per heavy atom. The summed E-state index contributed by atoms with van der Waals surface area (Å²) in [6.45, 7) is 4.95. The van der Waals surface area contributed by atoms with E-state index < -0.39 is 6.10 Å². The van der Waals surface area contributed by atoms with Crippen molar-refractivity contribution < 1.29 is 9.84 Å². The van der Waals surface area contributed by atoms with Crippen LogP contribution in [0.5, 0.6) is 5.75 Å². The van der Waals surface area contributed by atoms with Gasteiger partial charge in [0.2, 0.25) is 0 Å². The van der Waals surface area contributed by atoms with E-state index in [9.17, 15) is 5.11 Å². The van der Waals surface area contributed by atoms with Crippen molar-refractivity contribution in [2.75, 3.05) is 13.2 Å². The van der Waals surface area contributed by atoms with Crippen LogP contribution >= 0.6 is 0 Å². The molecule has 1 atom stereocenters. The number of aliphatic hydroxyl groups is 1. The van der Waals surface area contributed by atoms with Gasteiger partial charge in [-0.2, -0.15) is 0 Å². The van der Waals surface area contributed by atoms with E-state index >= 15 is 0 Å². The summed E-state index contributed by atoms with van der Waals surface area (Å²) in [7, 11) is 0. The molecule has 0 aromatic heterocycles. The Kier molecular flexibility index (Phi) is 7.85. The Balaban J connectivity index is 0.00000200. The van der Waals surface area contributed by atoms with Crippen LogP contribution in [0.15, 0.2) is 42.5 Å². The van der Waals surface area contributed by atoms with Gasteiger partial charge in [0.15, 0.2) is 0 Å². The van der Waals surface area contributed by atoms with E-state index in [1.807, 2.05) is 30.3 Å². The summed E-state index contributed by atoms with van der Waals surface area (Å²) in [5.41, 5.74) is 0. The fourth-order valence-corrected chi connectivity index (χ4v) is 1.94. The van der Waals surface area contributed by atoms with E-state index in [1.54, 1.807) is 0 Å². The first-order valence-corrected chi connectivity index (χ1v) is 6.69. The van der Waals surface area contributed by atoms with Crippen LogP contribution in [0.1, 0.15) is 13.8 Å². The number of ether oxygens (including phenoxy) is 1. The van der Waals surface area contributed by atoms with Crippen molar-refractivity contribution in [3.8, 4) is 5.75 Å². The van der Waals surface area contributed by atoms with Crippen LogP contribution in [0.4, 0.5) is 0 Å². The Labute approximate surface area is 150 Å². The van der Waals surface area contributed by atoms with Crippen LogP contribution in [0.3, 0.4) is 0 Å². The van der Waals surface area contributed by atoms with Crippen molar-refractivity contribution in [2.24, 2.45) is 0 Å². The molecule has 106 valence electrons. The zero-order chi connectivity index (χ0) is 13.7. The van der Waals surface area contributed by atoms with Crippen molar-refractivity contribution in [2.45, 2.75) is 26.0 Å². The second-order valence-corrected chi connectivity index (χ2v) is 5.01. The third-order valence-electron chi connectivity index (χ3n) is 2.94. The molecule has 0 fully saturated rings. The van der Waals surface area contributed by atoms with Gasteiger partial charge in [-0.25, -0.2) is 0 Å². The molecule has 4 heteroatoms. The molecule has 20 heavy (non-hydrogen) atoms. The normalized spacial score (nSPS) is 12.2. The molecule has 2 N–H and O–H groups in total. The Bertz CT molecular complexity index is 525. The summed E-state index contributed by atoms with van der Waals surface area (Å²) >= 11 is 0. The zero-order valence-corrected chi connectivity index (χ0v) is 11.5. The average Bonchev–Trinajstić information content (AvgIpc) is 2.42. The third kappa shape index (κ3) is 5.23. The first-order chi connectivity index (χ1) is 9.16. The molecule has 0 amide bonds. The molecular formula is C16H23CaNO2. The standard InChI is InChI=1S/C16H21NO2.Ca.2H/c1-12(2)17-10-14(18)11-19-16-9-5-7-13-6-3-4-8-15(13)16;;;/h3-9,12,14,17-18H,10-11H2,1-2H3;;;. The Morgan fingerprint density at radius 2 is 1.80 bits per heavy atom. The molecule has 2 aromatic carbocycles. The maximum atomic E-state index is 9.84.